The Labute approximate surface area is 245 Å². The number of rotatable bonds is 12. The predicted molar refractivity (Wildman–Crippen MR) is 161 cm³/mol. The minimum Gasteiger partial charge on any atom is -0.494 e. The number of imidazole rings is 1. The average Bonchev–Trinajstić information content (AvgIpc) is 3.36. The van der Waals surface area contributed by atoms with Crippen LogP contribution in [0.5, 0.6) is 11.5 Å². The zero-order chi connectivity index (χ0) is 29.5. The lowest BCUT2D eigenvalue weighted by atomic mass is 10.0. The van der Waals surface area contributed by atoms with Crippen molar-refractivity contribution in [2.75, 3.05) is 11.9 Å². The first-order valence-corrected chi connectivity index (χ1v) is 13.9. The maximum atomic E-state index is 16.3. The fourth-order valence-corrected chi connectivity index (χ4v) is 4.76. The van der Waals surface area contributed by atoms with E-state index < -0.39 is 11.9 Å². The molecule has 1 N–H and O–H groups in total. The highest BCUT2D eigenvalue weighted by Gasteiger charge is 2.28. The Balaban J connectivity index is 1.64. The number of halogens is 1. The van der Waals surface area contributed by atoms with Gasteiger partial charge in [-0.1, -0.05) is 42.5 Å². The Kier molecular flexibility index (Phi) is 9.00. The number of aromatic nitrogens is 2. The Morgan fingerprint density at radius 3 is 2.43 bits per heavy atom. The van der Waals surface area contributed by atoms with Crippen molar-refractivity contribution in [2.45, 2.75) is 46.3 Å². The second kappa shape index (κ2) is 13.2. The summed E-state index contributed by atoms with van der Waals surface area (Å²) in [6.45, 7) is 6.58. The molecule has 0 bridgehead atoms. The molecule has 0 radical (unpaired) electrons. The highest BCUT2D eigenvalue weighted by molar-refractivity contribution is 5.76. The van der Waals surface area contributed by atoms with Gasteiger partial charge in [-0.3, -0.25) is 0 Å². The van der Waals surface area contributed by atoms with Gasteiger partial charge in [0.1, 0.15) is 24.3 Å². The van der Waals surface area contributed by atoms with Crippen LogP contribution in [0.25, 0.3) is 11.0 Å². The smallest absolute Gasteiger partial charge is 0.171 e. The molecule has 0 saturated heterocycles. The lowest BCUT2D eigenvalue weighted by molar-refractivity contribution is 0.0644. The lowest BCUT2D eigenvalue weighted by Crippen LogP contribution is -2.21. The Hall–Kier alpha value is -4.87. The topological polar surface area (TPSA) is 81.3 Å². The molecule has 0 aliphatic rings. The van der Waals surface area contributed by atoms with E-state index in [1.165, 1.54) is 0 Å². The number of hydrogen-bond acceptors (Lipinski definition) is 6. The van der Waals surface area contributed by atoms with E-state index in [1.54, 1.807) is 36.4 Å². The first kappa shape index (κ1) is 28.7. The molecule has 0 saturated carbocycles. The standard InChI is InChI=1S/C34H33FN4O3/c1-4-41-27-18-28(32(35)31(19-27)42-23(2)3)33(37-26-16-14-24(20-36)15-17-26)34-38-29-12-8-9-13-30(29)39(34)22-40-21-25-10-6-5-7-11-25/h5-19,23,33,37H,4,21-22H2,1-3H3. The predicted octanol–water partition coefficient (Wildman–Crippen LogP) is 7.61. The van der Waals surface area contributed by atoms with Gasteiger partial charge in [0.25, 0.3) is 0 Å². The molecule has 5 rings (SSSR count). The number of nitrogens with one attached hydrogen (secondary N) is 1. The molecule has 214 valence electrons. The maximum Gasteiger partial charge on any atom is 0.171 e. The van der Waals surface area contributed by atoms with Crippen LogP contribution in [0, 0.1) is 17.1 Å². The molecule has 1 atom stereocenters. The molecule has 5 aromatic rings. The van der Waals surface area contributed by atoms with Crippen LogP contribution >= 0.6 is 0 Å². The van der Waals surface area contributed by atoms with E-state index in [-0.39, 0.29) is 18.6 Å². The average molecular weight is 565 g/mol. The van der Waals surface area contributed by atoms with Crippen LogP contribution in [-0.2, 0) is 18.1 Å². The minimum absolute atomic E-state index is 0.0977. The number of para-hydroxylation sites is 2. The Morgan fingerprint density at radius 2 is 1.71 bits per heavy atom. The van der Waals surface area contributed by atoms with Crippen molar-refractivity contribution in [3.63, 3.8) is 0 Å². The summed E-state index contributed by atoms with van der Waals surface area (Å²) in [5.41, 5.74) is 4.17. The quantitative estimate of drug-likeness (QED) is 0.168. The Morgan fingerprint density at radius 1 is 0.976 bits per heavy atom. The molecule has 1 aromatic heterocycles. The van der Waals surface area contributed by atoms with Gasteiger partial charge < -0.3 is 24.1 Å². The molecule has 4 aromatic carbocycles. The minimum atomic E-state index is -0.763. The van der Waals surface area contributed by atoms with Crippen molar-refractivity contribution in [3.8, 4) is 17.6 Å². The summed E-state index contributed by atoms with van der Waals surface area (Å²) in [6, 6.07) is 29.3. The summed E-state index contributed by atoms with van der Waals surface area (Å²) in [4.78, 5) is 4.97. The molecular weight excluding hydrogens is 531 g/mol. The van der Waals surface area contributed by atoms with Crippen LogP contribution in [0.3, 0.4) is 0 Å². The highest BCUT2D eigenvalue weighted by atomic mass is 19.1. The largest absolute Gasteiger partial charge is 0.494 e. The molecule has 0 aliphatic heterocycles. The SMILES string of the molecule is CCOc1cc(OC(C)C)c(F)c(C(Nc2ccc(C#N)cc2)c2nc3ccccc3n2COCc2ccccc2)c1. The molecule has 8 heteroatoms. The van der Waals surface area contributed by atoms with Crippen molar-refractivity contribution in [1.29, 1.82) is 5.26 Å². The molecule has 0 fully saturated rings. The third-order valence-corrected chi connectivity index (χ3v) is 6.62. The van der Waals surface area contributed by atoms with Crippen LogP contribution in [0.1, 0.15) is 49.3 Å². The number of benzene rings is 4. The third-order valence-electron chi connectivity index (χ3n) is 6.62. The fourth-order valence-electron chi connectivity index (χ4n) is 4.76. The second-order valence-corrected chi connectivity index (χ2v) is 10.0. The van der Waals surface area contributed by atoms with E-state index in [0.717, 1.165) is 16.6 Å². The summed E-state index contributed by atoms with van der Waals surface area (Å²) < 4.78 is 36.2. The highest BCUT2D eigenvalue weighted by Crippen LogP contribution is 2.37. The first-order valence-electron chi connectivity index (χ1n) is 13.9. The number of fused-ring (bicyclic) bond motifs is 1. The van der Waals surface area contributed by atoms with Crippen LogP contribution < -0.4 is 14.8 Å². The molecule has 1 heterocycles. The molecule has 0 spiro atoms. The zero-order valence-corrected chi connectivity index (χ0v) is 23.9. The van der Waals surface area contributed by atoms with E-state index in [9.17, 15) is 5.26 Å². The van der Waals surface area contributed by atoms with Gasteiger partial charge in [-0.25, -0.2) is 9.37 Å². The Bertz CT molecular complexity index is 1680. The summed E-state index contributed by atoms with van der Waals surface area (Å²) in [6.07, 6.45) is -0.245. The van der Waals surface area contributed by atoms with Gasteiger partial charge in [0, 0.05) is 17.3 Å². The third kappa shape index (κ3) is 6.54. The van der Waals surface area contributed by atoms with Gasteiger partial charge in [-0.05, 0) is 68.8 Å². The number of anilines is 1. The molecule has 1 unspecified atom stereocenters. The zero-order valence-electron chi connectivity index (χ0n) is 23.9. The maximum absolute atomic E-state index is 16.3. The van der Waals surface area contributed by atoms with E-state index in [1.807, 2.05) is 79.9 Å². The van der Waals surface area contributed by atoms with E-state index in [0.29, 0.717) is 41.6 Å². The molecular formula is C34H33FN4O3. The summed E-state index contributed by atoms with van der Waals surface area (Å²) in [7, 11) is 0. The second-order valence-electron chi connectivity index (χ2n) is 10.0. The fraction of sp³-hybridized carbons (Fsp3) is 0.235. The number of hydrogen-bond donors (Lipinski definition) is 1. The van der Waals surface area contributed by atoms with Crippen molar-refractivity contribution in [2.24, 2.45) is 0 Å². The van der Waals surface area contributed by atoms with Gasteiger partial charge in [-0.2, -0.15) is 5.26 Å². The molecule has 0 aliphatic carbocycles. The summed E-state index contributed by atoms with van der Waals surface area (Å²) in [5.74, 6) is 0.624. The summed E-state index contributed by atoms with van der Waals surface area (Å²) >= 11 is 0. The van der Waals surface area contributed by atoms with E-state index in [2.05, 4.69) is 11.4 Å². The van der Waals surface area contributed by atoms with Crippen molar-refractivity contribution < 1.29 is 18.6 Å². The number of ether oxygens (including phenoxy) is 3. The van der Waals surface area contributed by atoms with Crippen molar-refractivity contribution in [3.05, 3.63) is 119 Å². The normalized spacial score (nSPS) is 11.8. The van der Waals surface area contributed by atoms with Crippen LogP contribution in [0.4, 0.5) is 10.1 Å². The van der Waals surface area contributed by atoms with Crippen LogP contribution in [-0.4, -0.2) is 22.3 Å². The van der Waals surface area contributed by atoms with Crippen LogP contribution in [0.15, 0.2) is 91.0 Å². The molecule has 42 heavy (non-hydrogen) atoms. The monoisotopic (exact) mass is 564 g/mol. The van der Waals surface area contributed by atoms with Gasteiger partial charge in [0.05, 0.1) is 42.0 Å². The molecule has 0 amide bonds. The first-order chi connectivity index (χ1) is 20.5. The lowest BCUT2D eigenvalue weighted by Gasteiger charge is -2.24. The summed E-state index contributed by atoms with van der Waals surface area (Å²) in [5, 5.41) is 12.8. The van der Waals surface area contributed by atoms with Crippen molar-refractivity contribution in [1.82, 2.24) is 9.55 Å². The van der Waals surface area contributed by atoms with Gasteiger partial charge in [0.2, 0.25) is 0 Å². The van der Waals surface area contributed by atoms with Gasteiger partial charge in [-0.15, -0.1) is 0 Å². The van der Waals surface area contributed by atoms with Crippen LogP contribution in [0.2, 0.25) is 0 Å². The van der Waals surface area contributed by atoms with E-state index >= 15 is 4.39 Å². The van der Waals surface area contributed by atoms with Gasteiger partial charge >= 0.3 is 0 Å². The van der Waals surface area contributed by atoms with E-state index in [4.69, 9.17) is 19.2 Å². The number of nitriles is 1. The van der Waals surface area contributed by atoms with Crippen molar-refractivity contribution >= 4 is 16.7 Å². The van der Waals surface area contributed by atoms with Gasteiger partial charge in [0.15, 0.2) is 11.6 Å². The number of nitrogens with zero attached hydrogens (tertiary/aromatic N) is 3. The molecule has 7 nitrogen and oxygen atoms in total.